The molecule has 148 valence electrons. The van der Waals surface area contributed by atoms with E-state index in [0.29, 0.717) is 6.54 Å². The average molecular weight is 382 g/mol. The lowest BCUT2D eigenvalue weighted by molar-refractivity contribution is -0.121. The van der Waals surface area contributed by atoms with Gasteiger partial charge in [0.25, 0.3) is 0 Å². The van der Waals surface area contributed by atoms with Crippen molar-refractivity contribution in [2.75, 3.05) is 37.6 Å². The van der Waals surface area contributed by atoms with Crippen LogP contribution in [-0.4, -0.2) is 59.5 Å². The Morgan fingerprint density at radius 3 is 2.43 bits per heavy atom. The van der Waals surface area contributed by atoms with Gasteiger partial charge in [-0.05, 0) is 19.4 Å². The van der Waals surface area contributed by atoms with E-state index in [1.807, 2.05) is 55.1 Å². The van der Waals surface area contributed by atoms with Gasteiger partial charge in [-0.3, -0.25) is 15.0 Å². The summed E-state index contributed by atoms with van der Waals surface area (Å²) in [6.07, 6.45) is 0. The molecule has 2 aromatic rings. The quantitative estimate of drug-likeness (QED) is 0.809. The molecule has 0 aliphatic carbocycles. The molecule has 0 atom stereocenters. The van der Waals surface area contributed by atoms with Gasteiger partial charge < -0.3 is 10.2 Å². The molecule has 0 spiro atoms. The maximum absolute atomic E-state index is 12.1. The summed E-state index contributed by atoms with van der Waals surface area (Å²) in [7, 11) is 0. The number of rotatable bonds is 5. The standard InChI is InChI=1S/C20H26N6O2/c1-15-12-18(23-16(2)22-15)26-10-8-25(9-11-26)14-19(27)24-20(28)21-13-17-6-4-3-5-7-17/h3-7,12H,8-11,13-14H2,1-2H3,(H2,21,24,27,28). The molecule has 1 aromatic carbocycles. The van der Waals surface area contributed by atoms with E-state index in [0.717, 1.165) is 49.1 Å². The minimum absolute atomic E-state index is 0.203. The Kier molecular flexibility index (Phi) is 6.54. The number of hydrogen-bond acceptors (Lipinski definition) is 6. The Balaban J connectivity index is 1.40. The molecule has 1 aromatic heterocycles. The van der Waals surface area contributed by atoms with E-state index in [-0.39, 0.29) is 12.5 Å². The summed E-state index contributed by atoms with van der Waals surface area (Å²) < 4.78 is 0. The smallest absolute Gasteiger partial charge is 0.321 e. The molecule has 8 nitrogen and oxygen atoms in total. The van der Waals surface area contributed by atoms with E-state index in [9.17, 15) is 9.59 Å². The highest BCUT2D eigenvalue weighted by molar-refractivity contribution is 5.95. The van der Waals surface area contributed by atoms with Gasteiger partial charge in [0.05, 0.1) is 6.54 Å². The minimum atomic E-state index is -0.473. The van der Waals surface area contributed by atoms with Gasteiger partial charge in [0, 0.05) is 44.5 Å². The Bertz CT molecular complexity index is 798. The third-order valence-electron chi connectivity index (χ3n) is 4.56. The molecule has 0 radical (unpaired) electrons. The summed E-state index contributed by atoms with van der Waals surface area (Å²) in [5.41, 5.74) is 1.93. The molecule has 3 rings (SSSR count). The fourth-order valence-electron chi connectivity index (χ4n) is 3.19. The van der Waals surface area contributed by atoms with Gasteiger partial charge in [-0.2, -0.15) is 0 Å². The molecule has 3 amide bonds. The number of imide groups is 1. The molecule has 0 bridgehead atoms. The lowest BCUT2D eigenvalue weighted by atomic mass is 10.2. The normalized spacial score (nSPS) is 14.6. The zero-order chi connectivity index (χ0) is 19.9. The molecule has 1 fully saturated rings. The molecular formula is C20H26N6O2. The number of nitrogens with one attached hydrogen (secondary N) is 2. The first-order valence-electron chi connectivity index (χ1n) is 9.41. The van der Waals surface area contributed by atoms with Crippen LogP contribution < -0.4 is 15.5 Å². The van der Waals surface area contributed by atoms with E-state index in [4.69, 9.17) is 0 Å². The summed E-state index contributed by atoms with van der Waals surface area (Å²) in [6.45, 7) is 7.47. The number of aryl methyl sites for hydroxylation is 2. The number of aromatic nitrogens is 2. The third kappa shape index (κ3) is 5.75. The number of carbonyl (C=O) groups excluding carboxylic acids is 2. The molecule has 1 aliphatic rings. The number of nitrogens with zero attached hydrogens (tertiary/aromatic N) is 4. The lowest BCUT2D eigenvalue weighted by Crippen LogP contribution is -2.51. The molecule has 2 heterocycles. The second-order valence-corrected chi connectivity index (χ2v) is 6.89. The molecule has 1 aliphatic heterocycles. The third-order valence-corrected chi connectivity index (χ3v) is 4.56. The van der Waals surface area contributed by atoms with Crippen molar-refractivity contribution in [1.29, 1.82) is 0 Å². The summed E-state index contributed by atoms with van der Waals surface area (Å²) >= 11 is 0. The summed E-state index contributed by atoms with van der Waals surface area (Å²) in [6, 6.07) is 11.1. The predicted molar refractivity (Wildman–Crippen MR) is 107 cm³/mol. The van der Waals surface area contributed by atoms with Gasteiger partial charge in [0.1, 0.15) is 11.6 Å². The van der Waals surface area contributed by atoms with Crippen LogP contribution in [0, 0.1) is 13.8 Å². The van der Waals surface area contributed by atoms with Crippen molar-refractivity contribution in [3.8, 4) is 0 Å². The van der Waals surface area contributed by atoms with Crippen molar-refractivity contribution >= 4 is 17.8 Å². The molecule has 1 saturated heterocycles. The number of urea groups is 1. The van der Waals surface area contributed by atoms with E-state index in [1.54, 1.807) is 0 Å². The Morgan fingerprint density at radius 2 is 1.75 bits per heavy atom. The number of benzene rings is 1. The van der Waals surface area contributed by atoms with Crippen LogP contribution in [0.15, 0.2) is 36.4 Å². The summed E-state index contributed by atoms with van der Waals surface area (Å²) in [5.74, 6) is 1.39. The van der Waals surface area contributed by atoms with Crippen LogP contribution in [0.2, 0.25) is 0 Å². The van der Waals surface area contributed by atoms with Crippen LogP contribution >= 0.6 is 0 Å². The Labute approximate surface area is 165 Å². The van der Waals surface area contributed by atoms with Gasteiger partial charge in [-0.25, -0.2) is 14.8 Å². The lowest BCUT2D eigenvalue weighted by Gasteiger charge is -2.35. The second-order valence-electron chi connectivity index (χ2n) is 6.89. The van der Waals surface area contributed by atoms with Gasteiger partial charge >= 0.3 is 6.03 Å². The summed E-state index contributed by atoms with van der Waals surface area (Å²) in [4.78, 5) is 37.0. The number of carbonyl (C=O) groups is 2. The second kappa shape index (κ2) is 9.27. The first kappa shape index (κ1) is 19.8. The molecule has 0 saturated carbocycles. The van der Waals surface area contributed by atoms with Crippen LogP contribution in [-0.2, 0) is 11.3 Å². The van der Waals surface area contributed by atoms with Gasteiger partial charge in [-0.1, -0.05) is 30.3 Å². The predicted octanol–water partition coefficient (Wildman–Crippen LogP) is 1.24. The first-order chi connectivity index (χ1) is 13.5. The average Bonchev–Trinajstić information content (AvgIpc) is 2.67. The maximum Gasteiger partial charge on any atom is 0.321 e. The largest absolute Gasteiger partial charge is 0.354 e. The molecule has 28 heavy (non-hydrogen) atoms. The first-order valence-corrected chi connectivity index (χ1v) is 9.41. The van der Waals surface area contributed by atoms with Crippen LogP contribution in [0.1, 0.15) is 17.1 Å². The fourth-order valence-corrected chi connectivity index (χ4v) is 3.19. The maximum atomic E-state index is 12.1. The van der Waals surface area contributed by atoms with Gasteiger partial charge in [0.2, 0.25) is 5.91 Å². The Hall–Kier alpha value is -3.00. The highest BCUT2D eigenvalue weighted by Gasteiger charge is 2.21. The van der Waals surface area contributed by atoms with E-state index >= 15 is 0 Å². The Morgan fingerprint density at radius 1 is 1.04 bits per heavy atom. The zero-order valence-corrected chi connectivity index (χ0v) is 16.3. The topological polar surface area (TPSA) is 90.5 Å². The number of anilines is 1. The van der Waals surface area contributed by atoms with E-state index < -0.39 is 6.03 Å². The van der Waals surface area contributed by atoms with Crippen LogP contribution in [0.5, 0.6) is 0 Å². The summed E-state index contributed by atoms with van der Waals surface area (Å²) in [5, 5.41) is 5.08. The van der Waals surface area contributed by atoms with Crippen molar-refractivity contribution in [2.24, 2.45) is 0 Å². The number of hydrogen-bond donors (Lipinski definition) is 2. The number of amides is 3. The highest BCUT2D eigenvalue weighted by atomic mass is 16.2. The van der Waals surface area contributed by atoms with Gasteiger partial charge in [-0.15, -0.1) is 0 Å². The highest BCUT2D eigenvalue weighted by Crippen LogP contribution is 2.14. The van der Waals surface area contributed by atoms with Crippen molar-refractivity contribution in [1.82, 2.24) is 25.5 Å². The van der Waals surface area contributed by atoms with Crippen molar-refractivity contribution < 1.29 is 9.59 Å². The zero-order valence-electron chi connectivity index (χ0n) is 16.3. The monoisotopic (exact) mass is 382 g/mol. The SMILES string of the molecule is Cc1cc(N2CCN(CC(=O)NC(=O)NCc3ccccc3)CC2)nc(C)n1. The molecule has 8 heteroatoms. The minimum Gasteiger partial charge on any atom is -0.354 e. The van der Waals surface area contributed by atoms with E-state index in [1.165, 1.54) is 0 Å². The van der Waals surface area contributed by atoms with Crippen molar-refractivity contribution in [3.63, 3.8) is 0 Å². The van der Waals surface area contributed by atoms with Crippen LogP contribution in [0.25, 0.3) is 0 Å². The van der Waals surface area contributed by atoms with Crippen LogP contribution in [0.3, 0.4) is 0 Å². The molecule has 2 N–H and O–H groups in total. The fraction of sp³-hybridized carbons (Fsp3) is 0.400. The van der Waals surface area contributed by atoms with Crippen LogP contribution in [0.4, 0.5) is 10.6 Å². The van der Waals surface area contributed by atoms with Crippen molar-refractivity contribution in [2.45, 2.75) is 20.4 Å². The van der Waals surface area contributed by atoms with E-state index in [2.05, 4.69) is 25.5 Å². The van der Waals surface area contributed by atoms with Crippen molar-refractivity contribution in [3.05, 3.63) is 53.5 Å². The van der Waals surface area contributed by atoms with Gasteiger partial charge in [0.15, 0.2) is 0 Å². The molecular weight excluding hydrogens is 356 g/mol. The molecule has 0 unspecified atom stereocenters. The number of piperazine rings is 1.